The molecule has 13 heavy (non-hydrogen) atoms. The largest absolute Gasteiger partial charge is 0.269 e. The SMILES string of the molecule is F.[Mn].[Zn].c1cscn1.c1cscn1. The second kappa shape index (κ2) is 14.8. The molecule has 1 radical (unpaired) electrons. The molecule has 2 rings (SSSR count). The normalized spacial score (nSPS) is 6.15. The summed E-state index contributed by atoms with van der Waals surface area (Å²) in [6.45, 7) is 0. The van der Waals surface area contributed by atoms with Gasteiger partial charge in [0, 0.05) is 59.7 Å². The molecule has 0 amide bonds. The number of hydrogen-bond donors (Lipinski definition) is 0. The van der Waals surface area contributed by atoms with Crippen molar-refractivity contribution >= 4 is 22.7 Å². The summed E-state index contributed by atoms with van der Waals surface area (Å²) in [5.74, 6) is 0. The Morgan fingerprint density at radius 1 is 0.846 bits per heavy atom. The minimum absolute atomic E-state index is 0. The summed E-state index contributed by atoms with van der Waals surface area (Å²) in [6, 6.07) is 0. The van der Waals surface area contributed by atoms with E-state index in [1.54, 1.807) is 46.1 Å². The number of nitrogens with zero attached hydrogens (tertiary/aromatic N) is 2. The number of rotatable bonds is 0. The first-order valence-electron chi connectivity index (χ1n) is 2.64. The summed E-state index contributed by atoms with van der Waals surface area (Å²) in [5.41, 5.74) is 3.58. The number of halogens is 1. The molecule has 0 aliphatic heterocycles. The molecule has 0 bridgehead atoms. The molecule has 69 valence electrons. The maximum atomic E-state index is 3.74. The first-order chi connectivity index (χ1) is 5.00. The van der Waals surface area contributed by atoms with Gasteiger partial charge < -0.3 is 0 Å². The average Bonchev–Trinajstić information content (AvgIpc) is 2.67. The van der Waals surface area contributed by atoms with Crippen molar-refractivity contribution in [3.8, 4) is 0 Å². The van der Waals surface area contributed by atoms with Crippen molar-refractivity contribution in [2.75, 3.05) is 0 Å². The minimum atomic E-state index is 0. The van der Waals surface area contributed by atoms with Gasteiger partial charge in [-0.1, -0.05) is 0 Å². The Morgan fingerprint density at radius 2 is 1.23 bits per heavy atom. The van der Waals surface area contributed by atoms with Crippen molar-refractivity contribution in [2.45, 2.75) is 0 Å². The molecule has 0 aromatic carbocycles. The molecule has 0 atom stereocenters. The Hall–Kier alpha value is 0.333. The summed E-state index contributed by atoms with van der Waals surface area (Å²) in [6.07, 6.45) is 3.54. The van der Waals surface area contributed by atoms with Crippen LogP contribution in [0, 0.1) is 0 Å². The quantitative estimate of drug-likeness (QED) is 0.699. The van der Waals surface area contributed by atoms with Crippen LogP contribution in [-0.4, -0.2) is 9.97 Å². The van der Waals surface area contributed by atoms with Crippen LogP contribution < -0.4 is 0 Å². The standard InChI is InChI=1S/2C3H3NS.FH.Mn.Zn/c2*1-2-5-3-4-1;;;/h2*1-3H;1H;;. The van der Waals surface area contributed by atoms with Gasteiger partial charge in [-0.05, 0) is 0 Å². The van der Waals surface area contributed by atoms with Crippen molar-refractivity contribution in [2.24, 2.45) is 0 Å². The molecule has 0 saturated heterocycles. The molecule has 7 heteroatoms. The summed E-state index contributed by atoms with van der Waals surface area (Å²) in [5, 5.41) is 3.86. The Kier molecular flexibility index (Phi) is 21.7. The van der Waals surface area contributed by atoms with Gasteiger partial charge in [0.2, 0.25) is 0 Å². The molecule has 0 aliphatic carbocycles. The van der Waals surface area contributed by atoms with E-state index in [-0.39, 0.29) is 41.3 Å². The number of thiazole rings is 2. The monoisotopic (exact) mass is 309 g/mol. The molecule has 0 unspecified atom stereocenters. The molecular formula is C6H7FMnN2S2Zn. The second-order valence-electron chi connectivity index (χ2n) is 1.35. The number of aromatic nitrogens is 2. The van der Waals surface area contributed by atoms with Crippen molar-refractivity contribution in [3.05, 3.63) is 34.2 Å². The Bertz CT molecular complexity index is 168. The molecule has 2 aromatic rings. The van der Waals surface area contributed by atoms with Gasteiger partial charge in [-0.2, -0.15) is 0 Å². The fraction of sp³-hybridized carbons (Fsp3) is 0. The van der Waals surface area contributed by atoms with Crippen molar-refractivity contribution in [3.63, 3.8) is 0 Å². The van der Waals surface area contributed by atoms with E-state index in [0.29, 0.717) is 0 Å². The third kappa shape index (κ3) is 12.3. The van der Waals surface area contributed by atoms with Crippen molar-refractivity contribution in [1.82, 2.24) is 9.97 Å². The van der Waals surface area contributed by atoms with Crippen LogP contribution in [-0.2, 0) is 36.5 Å². The van der Waals surface area contributed by atoms with Crippen LogP contribution in [0.4, 0.5) is 4.70 Å². The third-order valence-corrected chi connectivity index (χ3v) is 1.74. The van der Waals surface area contributed by atoms with Crippen LogP contribution in [0.5, 0.6) is 0 Å². The summed E-state index contributed by atoms with van der Waals surface area (Å²) in [4.78, 5) is 7.48. The van der Waals surface area contributed by atoms with E-state index in [4.69, 9.17) is 0 Å². The zero-order valence-electron chi connectivity index (χ0n) is 6.67. The van der Waals surface area contributed by atoms with Gasteiger partial charge in [-0.3, -0.25) is 14.7 Å². The van der Waals surface area contributed by atoms with Gasteiger partial charge in [-0.25, -0.2) is 0 Å². The minimum Gasteiger partial charge on any atom is -0.269 e. The Balaban J connectivity index is -0.000000125. The molecule has 0 N–H and O–H groups in total. The van der Waals surface area contributed by atoms with Crippen LogP contribution in [0.15, 0.2) is 34.2 Å². The molecule has 0 spiro atoms. The van der Waals surface area contributed by atoms with Crippen molar-refractivity contribution in [1.29, 1.82) is 0 Å². The maximum absolute atomic E-state index is 3.74. The average molecular weight is 311 g/mol. The van der Waals surface area contributed by atoms with E-state index < -0.39 is 0 Å². The fourth-order valence-electron chi connectivity index (χ4n) is 0.351. The predicted molar refractivity (Wildman–Crippen MR) is 46.7 cm³/mol. The van der Waals surface area contributed by atoms with Gasteiger partial charge in [0.1, 0.15) is 0 Å². The van der Waals surface area contributed by atoms with Gasteiger partial charge in [0.25, 0.3) is 0 Å². The predicted octanol–water partition coefficient (Wildman–Crippen LogP) is 2.43. The van der Waals surface area contributed by atoms with Crippen LogP contribution in [0.2, 0.25) is 0 Å². The molecule has 2 aromatic heterocycles. The van der Waals surface area contributed by atoms with Crippen LogP contribution >= 0.6 is 22.7 Å². The van der Waals surface area contributed by atoms with E-state index in [0.717, 1.165) is 0 Å². The smallest absolute Gasteiger partial charge is 0.0791 e. The molecular weight excluding hydrogens is 304 g/mol. The Morgan fingerprint density at radius 3 is 1.31 bits per heavy atom. The van der Waals surface area contributed by atoms with Crippen LogP contribution in [0.1, 0.15) is 0 Å². The van der Waals surface area contributed by atoms with E-state index >= 15 is 0 Å². The second-order valence-corrected chi connectivity index (χ2v) is 2.86. The number of hydrogen-bond acceptors (Lipinski definition) is 4. The summed E-state index contributed by atoms with van der Waals surface area (Å²) < 4.78 is 0. The Labute approximate surface area is 107 Å². The third-order valence-electron chi connectivity index (χ3n) is 0.694. The first kappa shape index (κ1) is 19.0. The van der Waals surface area contributed by atoms with Gasteiger partial charge in [-0.15, -0.1) is 22.7 Å². The fourth-order valence-corrected chi connectivity index (χ4v) is 1.05. The summed E-state index contributed by atoms with van der Waals surface area (Å²) in [7, 11) is 0. The zero-order chi connectivity index (χ0) is 7.07. The van der Waals surface area contributed by atoms with E-state index in [2.05, 4.69) is 9.97 Å². The first-order valence-corrected chi connectivity index (χ1v) is 4.53. The van der Waals surface area contributed by atoms with Crippen molar-refractivity contribution < 1.29 is 41.3 Å². The molecule has 2 heterocycles. The molecule has 2 nitrogen and oxygen atoms in total. The summed E-state index contributed by atoms with van der Waals surface area (Å²) >= 11 is 3.20. The van der Waals surface area contributed by atoms with Gasteiger partial charge >= 0.3 is 0 Å². The van der Waals surface area contributed by atoms with Gasteiger partial charge in [0.15, 0.2) is 0 Å². The van der Waals surface area contributed by atoms with E-state index in [1.165, 1.54) is 0 Å². The topological polar surface area (TPSA) is 25.8 Å². The molecule has 0 fully saturated rings. The molecule has 0 saturated carbocycles. The zero-order valence-corrected chi connectivity index (χ0v) is 12.4. The van der Waals surface area contributed by atoms with Gasteiger partial charge in [0.05, 0.1) is 11.0 Å². The van der Waals surface area contributed by atoms with E-state index in [9.17, 15) is 0 Å². The maximum Gasteiger partial charge on any atom is 0.0791 e. The van der Waals surface area contributed by atoms with Crippen LogP contribution in [0.25, 0.3) is 0 Å². The molecule has 0 aliphatic rings. The van der Waals surface area contributed by atoms with E-state index in [1.807, 2.05) is 10.8 Å². The van der Waals surface area contributed by atoms with Crippen LogP contribution in [0.3, 0.4) is 0 Å².